The van der Waals surface area contributed by atoms with Gasteiger partial charge in [-0.3, -0.25) is 4.90 Å². The first-order valence-electron chi connectivity index (χ1n) is 3.53. The molecule has 0 aromatic rings. The van der Waals surface area contributed by atoms with Crippen LogP contribution < -0.4 is 0 Å². The van der Waals surface area contributed by atoms with E-state index in [1.807, 2.05) is 11.8 Å². The Hall–Kier alpha value is -0.590. The number of nitriles is 1. The summed E-state index contributed by atoms with van der Waals surface area (Å²) < 4.78 is 0. The zero-order valence-corrected chi connectivity index (χ0v) is 6.12. The van der Waals surface area contributed by atoms with Gasteiger partial charge in [0, 0.05) is 12.6 Å². The molecular formula is C7H12N2O. The number of hydrogen-bond acceptors (Lipinski definition) is 3. The molecule has 3 nitrogen and oxygen atoms in total. The van der Waals surface area contributed by atoms with Gasteiger partial charge in [-0.25, -0.2) is 0 Å². The van der Waals surface area contributed by atoms with Crippen molar-refractivity contribution in [3.05, 3.63) is 0 Å². The number of β-amino-alcohol motifs (C(OH)–C–C–N with tert-alkyl or cyclic N) is 1. The van der Waals surface area contributed by atoms with Gasteiger partial charge in [0.15, 0.2) is 0 Å². The molecule has 0 radical (unpaired) electrons. The number of aliphatic hydroxyl groups is 1. The second-order valence-electron chi connectivity index (χ2n) is 2.83. The van der Waals surface area contributed by atoms with Crippen LogP contribution in [-0.2, 0) is 0 Å². The number of hydrogen-bond donors (Lipinski definition) is 1. The summed E-state index contributed by atoms with van der Waals surface area (Å²) in [7, 11) is 0. The average molecular weight is 140 g/mol. The molecule has 1 fully saturated rings. The lowest BCUT2D eigenvalue weighted by atomic mass is 10.2. The molecule has 0 aliphatic carbocycles. The maximum atomic E-state index is 9.15. The highest BCUT2D eigenvalue weighted by Crippen LogP contribution is 2.15. The molecule has 1 aliphatic rings. The Morgan fingerprint density at radius 2 is 2.50 bits per heavy atom. The van der Waals surface area contributed by atoms with Gasteiger partial charge < -0.3 is 5.11 Å². The predicted molar refractivity (Wildman–Crippen MR) is 37.3 cm³/mol. The van der Waals surface area contributed by atoms with E-state index in [1.54, 1.807) is 0 Å². The van der Waals surface area contributed by atoms with Crippen LogP contribution in [0.3, 0.4) is 0 Å². The largest absolute Gasteiger partial charge is 0.392 e. The Morgan fingerprint density at radius 3 is 2.90 bits per heavy atom. The van der Waals surface area contributed by atoms with E-state index in [2.05, 4.69) is 6.07 Å². The van der Waals surface area contributed by atoms with Crippen molar-refractivity contribution in [1.29, 1.82) is 5.26 Å². The number of rotatable bonds is 1. The third-order valence-corrected chi connectivity index (χ3v) is 1.96. The predicted octanol–water partition coefficient (Wildman–Crippen LogP) is -0.0349. The lowest BCUT2D eigenvalue weighted by Crippen LogP contribution is -2.27. The number of nitrogens with zero attached hydrogens (tertiary/aromatic N) is 2. The van der Waals surface area contributed by atoms with Crippen molar-refractivity contribution in [1.82, 2.24) is 4.90 Å². The van der Waals surface area contributed by atoms with Crippen molar-refractivity contribution in [2.45, 2.75) is 25.5 Å². The van der Waals surface area contributed by atoms with Gasteiger partial charge in [-0.2, -0.15) is 5.26 Å². The van der Waals surface area contributed by atoms with E-state index in [-0.39, 0.29) is 6.10 Å². The zero-order valence-electron chi connectivity index (χ0n) is 6.12. The van der Waals surface area contributed by atoms with Crippen LogP contribution in [-0.4, -0.2) is 35.2 Å². The third-order valence-electron chi connectivity index (χ3n) is 1.96. The summed E-state index contributed by atoms with van der Waals surface area (Å²) in [6, 6.07) is 2.45. The molecule has 0 spiro atoms. The number of aliphatic hydroxyl groups excluding tert-OH is 1. The van der Waals surface area contributed by atoms with E-state index in [1.165, 1.54) is 0 Å². The number of likely N-dealkylation sites (tertiary alicyclic amines) is 1. The summed E-state index contributed by atoms with van der Waals surface area (Å²) in [5.41, 5.74) is 0. The maximum absolute atomic E-state index is 9.15. The molecule has 0 bridgehead atoms. The molecule has 10 heavy (non-hydrogen) atoms. The fourth-order valence-electron chi connectivity index (χ4n) is 1.38. The van der Waals surface area contributed by atoms with E-state index in [0.29, 0.717) is 19.1 Å². The van der Waals surface area contributed by atoms with Gasteiger partial charge in [0.25, 0.3) is 0 Å². The van der Waals surface area contributed by atoms with Gasteiger partial charge in [-0.15, -0.1) is 0 Å². The van der Waals surface area contributed by atoms with Gasteiger partial charge in [0.2, 0.25) is 0 Å². The first-order chi connectivity index (χ1) is 4.74. The standard InChI is InChI=1S/C7H12N2O/c1-6-4-7(10)5-9(6)3-2-8/h6-7,10H,3-5H2,1H3. The molecule has 1 N–H and O–H groups in total. The van der Waals surface area contributed by atoms with Crippen LogP contribution in [0.1, 0.15) is 13.3 Å². The van der Waals surface area contributed by atoms with Crippen LogP contribution in [0.5, 0.6) is 0 Å². The highest BCUT2D eigenvalue weighted by molar-refractivity contribution is 4.87. The van der Waals surface area contributed by atoms with Crippen LogP contribution >= 0.6 is 0 Å². The molecule has 2 unspecified atom stereocenters. The van der Waals surface area contributed by atoms with Gasteiger partial charge >= 0.3 is 0 Å². The van der Waals surface area contributed by atoms with E-state index in [0.717, 1.165) is 6.42 Å². The minimum absolute atomic E-state index is 0.219. The summed E-state index contributed by atoms with van der Waals surface area (Å²) in [5, 5.41) is 17.5. The summed E-state index contributed by atoms with van der Waals surface area (Å²) in [6.07, 6.45) is 0.588. The smallest absolute Gasteiger partial charge is 0.0869 e. The van der Waals surface area contributed by atoms with E-state index in [9.17, 15) is 0 Å². The Labute approximate surface area is 60.9 Å². The SMILES string of the molecule is CC1CC(O)CN1CC#N. The van der Waals surface area contributed by atoms with Crippen LogP contribution in [0.2, 0.25) is 0 Å². The van der Waals surface area contributed by atoms with E-state index in [4.69, 9.17) is 10.4 Å². The first kappa shape index (κ1) is 7.52. The molecule has 1 saturated heterocycles. The minimum atomic E-state index is -0.219. The zero-order chi connectivity index (χ0) is 7.56. The molecule has 0 saturated carbocycles. The summed E-state index contributed by atoms with van der Waals surface area (Å²) >= 11 is 0. The minimum Gasteiger partial charge on any atom is -0.392 e. The van der Waals surface area contributed by atoms with Gasteiger partial charge in [0.05, 0.1) is 18.7 Å². The maximum Gasteiger partial charge on any atom is 0.0869 e. The summed E-state index contributed by atoms with van der Waals surface area (Å²) in [6.45, 7) is 3.14. The van der Waals surface area contributed by atoms with E-state index >= 15 is 0 Å². The molecule has 0 amide bonds. The second-order valence-corrected chi connectivity index (χ2v) is 2.83. The lowest BCUT2D eigenvalue weighted by molar-refractivity contribution is 0.180. The Balaban J connectivity index is 2.40. The lowest BCUT2D eigenvalue weighted by Gasteiger charge is -2.15. The second kappa shape index (κ2) is 3.00. The third kappa shape index (κ3) is 1.47. The normalized spacial score (nSPS) is 34.1. The summed E-state index contributed by atoms with van der Waals surface area (Å²) in [4.78, 5) is 1.99. The molecule has 56 valence electrons. The van der Waals surface area contributed by atoms with Gasteiger partial charge in [-0.05, 0) is 13.3 Å². The average Bonchev–Trinajstić information content (AvgIpc) is 2.13. The van der Waals surface area contributed by atoms with Gasteiger partial charge in [-0.1, -0.05) is 0 Å². The highest BCUT2D eigenvalue weighted by atomic mass is 16.3. The molecule has 0 aromatic heterocycles. The molecule has 1 aliphatic heterocycles. The van der Waals surface area contributed by atoms with Crippen molar-refractivity contribution in [3.63, 3.8) is 0 Å². The van der Waals surface area contributed by atoms with Crippen LogP contribution in [0.4, 0.5) is 0 Å². The first-order valence-corrected chi connectivity index (χ1v) is 3.53. The van der Waals surface area contributed by atoms with Crippen molar-refractivity contribution in [2.75, 3.05) is 13.1 Å². The Kier molecular flexibility index (Phi) is 2.25. The fraction of sp³-hybridized carbons (Fsp3) is 0.857. The van der Waals surface area contributed by atoms with Gasteiger partial charge in [0.1, 0.15) is 0 Å². The Morgan fingerprint density at radius 1 is 1.80 bits per heavy atom. The highest BCUT2D eigenvalue weighted by Gasteiger charge is 2.26. The fourth-order valence-corrected chi connectivity index (χ4v) is 1.38. The van der Waals surface area contributed by atoms with Crippen molar-refractivity contribution in [2.24, 2.45) is 0 Å². The topological polar surface area (TPSA) is 47.3 Å². The molecular weight excluding hydrogens is 128 g/mol. The van der Waals surface area contributed by atoms with Crippen molar-refractivity contribution in [3.8, 4) is 6.07 Å². The molecule has 0 aromatic carbocycles. The van der Waals surface area contributed by atoms with Crippen LogP contribution in [0.15, 0.2) is 0 Å². The molecule has 3 heteroatoms. The molecule has 1 rings (SSSR count). The quantitative estimate of drug-likeness (QED) is 0.520. The monoisotopic (exact) mass is 140 g/mol. The molecule has 2 atom stereocenters. The summed E-state index contributed by atoms with van der Waals surface area (Å²) in [5.74, 6) is 0. The van der Waals surface area contributed by atoms with Crippen molar-refractivity contribution >= 4 is 0 Å². The van der Waals surface area contributed by atoms with Crippen LogP contribution in [0.25, 0.3) is 0 Å². The van der Waals surface area contributed by atoms with Crippen LogP contribution in [0, 0.1) is 11.3 Å². The van der Waals surface area contributed by atoms with E-state index < -0.39 is 0 Å². The molecule has 1 heterocycles. The van der Waals surface area contributed by atoms with Crippen molar-refractivity contribution < 1.29 is 5.11 Å². The Bertz CT molecular complexity index is 152.